The minimum absolute atomic E-state index is 0.207. The number of halogens is 1. The Kier molecular flexibility index (Phi) is 3.18. The molecule has 0 unspecified atom stereocenters. The minimum atomic E-state index is -0.655. The van der Waals surface area contributed by atoms with Gasteiger partial charge in [0, 0.05) is 17.8 Å². The monoisotopic (exact) mass is 248 g/mol. The number of nitrogens with one attached hydrogen (secondary N) is 1. The molecule has 0 atom stereocenters. The van der Waals surface area contributed by atoms with Crippen LogP contribution >= 0.6 is 0 Å². The van der Waals surface area contributed by atoms with Crippen LogP contribution in [-0.4, -0.2) is 15.3 Å². The van der Waals surface area contributed by atoms with Gasteiger partial charge in [-0.05, 0) is 24.3 Å². The van der Waals surface area contributed by atoms with Gasteiger partial charge in [0.2, 0.25) is 0 Å². The quantitative estimate of drug-likeness (QED) is 0.806. The lowest BCUT2D eigenvalue weighted by Crippen LogP contribution is -2.30. The summed E-state index contributed by atoms with van der Waals surface area (Å²) in [6.45, 7) is -0.207. The third-order valence-electron chi connectivity index (χ3n) is 2.38. The molecule has 0 aliphatic rings. The highest BCUT2D eigenvalue weighted by Crippen LogP contribution is 2.04. The molecule has 0 saturated carbocycles. The van der Waals surface area contributed by atoms with Crippen LogP contribution in [0.4, 0.5) is 4.39 Å². The van der Waals surface area contributed by atoms with Crippen molar-refractivity contribution in [2.75, 3.05) is 0 Å². The summed E-state index contributed by atoms with van der Waals surface area (Å²) in [6, 6.07) is 6.17. The third kappa shape index (κ3) is 2.60. The van der Waals surface area contributed by atoms with Gasteiger partial charge in [-0.15, -0.1) is 0 Å². The standard InChI is InChI=1S/C12H9FN2O3/c13-9-3-1-8(2-4-9)10(16)7-15-6-5-11(17)14-12(15)18/h1-6H,7H2,(H,14,17,18). The minimum Gasteiger partial charge on any atom is -0.293 e. The van der Waals surface area contributed by atoms with Crippen molar-refractivity contribution in [3.05, 3.63) is 68.7 Å². The van der Waals surface area contributed by atoms with E-state index in [0.717, 1.165) is 10.6 Å². The van der Waals surface area contributed by atoms with Gasteiger partial charge in [0.25, 0.3) is 5.56 Å². The summed E-state index contributed by atoms with van der Waals surface area (Å²) >= 11 is 0. The molecule has 6 heteroatoms. The second-order valence-electron chi connectivity index (χ2n) is 3.67. The molecule has 0 amide bonds. The van der Waals surface area contributed by atoms with E-state index in [-0.39, 0.29) is 12.3 Å². The molecule has 0 saturated heterocycles. The highest BCUT2D eigenvalue weighted by Gasteiger charge is 2.08. The summed E-state index contributed by atoms with van der Waals surface area (Å²) in [7, 11) is 0. The molecule has 0 bridgehead atoms. The molecular weight excluding hydrogens is 239 g/mol. The van der Waals surface area contributed by atoms with Crippen LogP contribution in [0, 0.1) is 5.82 Å². The smallest absolute Gasteiger partial charge is 0.293 e. The number of aromatic nitrogens is 2. The first kappa shape index (κ1) is 12.0. The number of nitrogens with zero attached hydrogens (tertiary/aromatic N) is 1. The van der Waals surface area contributed by atoms with Crippen molar-refractivity contribution >= 4 is 5.78 Å². The zero-order chi connectivity index (χ0) is 13.1. The topological polar surface area (TPSA) is 71.9 Å². The highest BCUT2D eigenvalue weighted by molar-refractivity contribution is 5.95. The Morgan fingerprint density at radius 2 is 1.83 bits per heavy atom. The van der Waals surface area contributed by atoms with Gasteiger partial charge in [-0.1, -0.05) is 0 Å². The molecule has 0 spiro atoms. The Morgan fingerprint density at radius 1 is 1.17 bits per heavy atom. The summed E-state index contributed by atoms with van der Waals surface area (Å²) in [6.07, 6.45) is 1.24. The highest BCUT2D eigenvalue weighted by atomic mass is 19.1. The molecule has 2 aromatic rings. The molecule has 0 radical (unpaired) electrons. The van der Waals surface area contributed by atoms with E-state index in [4.69, 9.17) is 0 Å². The van der Waals surface area contributed by atoms with Crippen molar-refractivity contribution in [1.29, 1.82) is 0 Å². The summed E-state index contributed by atoms with van der Waals surface area (Å²) in [5, 5.41) is 0. The Labute approximate surface area is 101 Å². The first-order valence-corrected chi connectivity index (χ1v) is 5.15. The second-order valence-corrected chi connectivity index (χ2v) is 3.67. The summed E-state index contributed by atoms with van der Waals surface area (Å²) in [5.74, 6) is -0.781. The van der Waals surface area contributed by atoms with E-state index < -0.39 is 17.1 Å². The van der Waals surface area contributed by atoms with Crippen molar-refractivity contribution in [2.45, 2.75) is 6.54 Å². The van der Waals surface area contributed by atoms with Gasteiger partial charge in [-0.2, -0.15) is 0 Å². The van der Waals surface area contributed by atoms with E-state index in [1.807, 2.05) is 4.98 Å². The first-order chi connectivity index (χ1) is 8.56. The molecular formula is C12H9FN2O3. The molecule has 0 fully saturated rings. The van der Waals surface area contributed by atoms with Gasteiger partial charge in [-0.3, -0.25) is 19.1 Å². The Bertz CT molecular complexity index is 685. The maximum Gasteiger partial charge on any atom is 0.328 e. The molecule has 0 aliphatic heterocycles. The number of hydrogen-bond acceptors (Lipinski definition) is 3. The van der Waals surface area contributed by atoms with E-state index in [2.05, 4.69) is 0 Å². The van der Waals surface area contributed by atoms with Gasteiger partial charge in [0.1, 0.15) is 5.82 Å². The number of Topliss-reactive ketones (excluding diaryl/α,β-unsaturated/α-hetero) is 1. The fourth-order valence-corrected chi connectivity index (χ4v) is 1.45. The van der Waals surface area contributed by atoms with Gasteiger partial charge in [0.05, 0.1) is 6.54 Å². The lowest BCUT2D eigenvalue weighted by molar-refractivity contribution is 0.0970. The fraction of sp³-hybridized carbons (Fsp3) is 0.0833. The normalized spacial score (nSPS) is 10.3. The maximum absolute atomic E-state index is 12.7. The molecule has 92 valence electrons. The zero-order valence-electron chi connectivity index (χ0n) is 9.22. The lowest BCUT2D eigenvalue weighted by atomic mass is 10.1. The fourth-order valence-electron chi connectivity index (χ4n) is 1.45. The average Bonchev–Trinajstić information content (AvgIpc) is 2.33. The summed E-state index contributed by atoms with van der Waals surface area (Å²) in [5.41, 5.74) is -0.877. The van der Waals surface area contributed by atoms with E-state index in [1.165, 1.54) is 30.5 Å². The van der Waals surface area contributed by atoms with Crippen LogP contribution in [-0.2, 0) is 6.54 Å². The van der Waals surface area contributed by atoms with Crippen LogP contribution in [0.2, 0.25) is 0 Å². The number of rotatable bonds is 3. The van der Waals surface area contributed by atoms with Crippen LogP contribution < -0.4 is 11.2 Å². The van der Waals surface area contributed by atoms with Crippen LogP contribution in [0.15, 0.2) is 46.1 Å². The summed E-state index contributed by atoms with van der Waals surface area (Å²) < 4.78 is 13.8. The number of hydrogen-bond donors (Lipinski definition) is 1. The van der Waals surface area contributed by atoms with Crippen LogP contribution in [0.5, 0.6) is 0 Å². The molecule has 1 aromatic heterocycles. The average molecular weight is 248 g/mol. The van der Waals surface area contributed by atoms with Crippen LogP contribution in [0.25, 0.3) is 0 Å². The molecule has 18 heavy (non-hydrogen) atoms. The van der Waals surface area contributed by atoms with Crippen LogP contribution in [0.3, 0.4) is 0 Å². The van der Waals surface area contributed by atoms with E-state index >= 15 is 0 Å². The van der Waals surface area contributed by atoms with Gasteiger partial charge < -0.3 is 0 Å². The number of benzene rings is 1. The Hall–Kier alpha value is -2.50. The van der Waals surface area contributed by atoms with Crippen LogP contribution in [0.1, 0.15) is 10.4 Å². The SMILES string of the molecule is O=C(Cn1ccc(=O)[nH]c1=O)c1ccc(F)cc1. The van der Waals surface area contributed by atoms with Gasteiger partial charge in [-0.25, -0.2) is 9.18 Å². The number of carbonyl (C=O) groups excluding carboxylic acids is 1. The molecule has 1 heterocycles. The molecule has 1 aromatic carbocycles. The molecule has 2 rings (SSSR count). The number of H-pyrrole nitrogens is 1. The van der Waals surface area contributed by atoms with Crippen molar-refractivity contribution in [2.24, 2.45) is 0 Å². The first-order valence-electron chi connectivity index (χ1n) is 5.15. The van der Waals surface area contributed by atoms with E-state index in [0.29, 0.717) is 5.56 Å². The van der Waals surface area contributed by atoms with E-state index in [9.17, 15) is 18.8 Å². The lowest BCUT2D eigenvalue weighted by Gasteiger charge is -2.03. The maximum atomic E-state index is 12.7. The van der Waals surface area contributed by atoms with Gasteiger partial charge >= 0.3 is 5.69 Å². The predicted octanol–water partition coefficient (Wildman–Crippen LogP) is 0.559. The molecule has 1 N–H and O–H groups in total. The number of carbonyl (C=O) groups is 1. The molecule has 0 aliphatic carbocycles. The Balaban J connectivity index is 2.24. The van der Waals surface area contributed by atoms with Crippen molar-refractivity contribution in [3.63, 3.8) is 0 Å². The number of ketones is 1. The number of aromatic amines is 1. The third-order valence-corrected chi connectivity index (χ3v) is 2.38. The van der Waals surface area contributed by atoms with E-state index in [1.54, 1.807) is 0 Å². The van der Waals surface area contributed by atoms with Crippen molar-refractivity contribution < 1.29 is 9.18 Å². The largest absolute Gasteiger partial charge is 0.328 e. The predicted molar refractivity (Wildman–Crippen MR) is 62.1 cm³/mol. The second kappa shape index (κ2) is 4.79. The van der Waals surface area contributed by atoms with Crippen molar-refractivity contribution in [3.8, 4) is 0 Å². The van der Waals surface area contributed by atoms with Crippen molar-refractivity contribution in [1.82, 2.24) is 9.55 Å². The van der Waals surface area contributed by atoms with Gasteiger partial charge in [0.15, 0.2) is 5.78 Å². The molecule has 5 nitrogen and oxygen atoms in total. The zero-order valence-corrected chi connectivity index (χ0v) is 9.22. The Morgan fingerprint density at radius 3 is 2.44 bits per heavy atom. The summed E-state index contributed by atoms with van der Waals surface area (Å²) in [4.78, 5) is 36.0.